The van der Waals surface area contributed by atoms with E-state index in [2.05, 4.69) is 9.98 Å². The van der Waals surface area contributed by atoms with Crippen LogP contribution in [0.1, 0.15) is 48.0 Å². The first-order chi connectivity index (χ1) is 20.5. The molecule has 43 heavy (non-hydrogen) atoms. The van der Waals surface area contributed by atoms with Gasteiger partial charge in [-0.2, -0.15) is 4.99 Å². The molecule has 2 saturated heterocycles. The van der Waals surface area contributed by atoms with Crippen LogP contribution in [0.25, 0.3) is 16.2 Å². The Morgan fingerprint density at radius 3 is 2.58 bits per heavy atom. The molecule has 1 atom stereocenters. The number of aliphatic imine (C=N–C) groups is 1. The first-order valence-electron chi connectivity index (χ1n) is 13.9. The Bertz CT molecular complexity index is 1570. The summed E-state index contributed by atoms with van der Waals surface area (Å²) in [5, 5.41) is 18.8. The lowest BCUT2D eigenvalue weighted by molar-refractivity contribution is -0.124. The van der Waals surface area contributed by atoms with E-state index in [0.29, 0.717) is 41.7 Å². The van der Waals surface area contributed by atoms with Gasteiger partial charge in [0, 0.05) is 58.0 Å². The number of aromatic nitrogens is 3. The molecule has 6 N–H and O–H groups in total. The predicted molar refractivity (Wildman–Crippen MR) is 165 cm³/mol. The molecule has 230 valence electrons. The van der Waals surface area contributed by atoms with Gasteiger partial charge in [-0.15, -0.1) is 11.3 Å². The number of fused-ring (bicyclic) bond motifs is 1. The lowest BCUT2D eigenvalue weighted by atomic mass is 9.90. The van der Waals surface area contributed by atoms with Crippen molar-refractivity contribution in [3.63, 3.8) is 0 Å². The van der Waals surface area contributed by atoms with E-state index in [1.807, 2.05) is 4.90 Å². The molecule has 2 aliphatic rings. The molecule has 5 heterocycles. The molecule has 14 nitrogen and oxygen atoms in total. The molecule has 0 unspecified atom stereocenters. The number of guanidine groups is 2. The van der Waals surface area contributed by atoms with Gasteiger partial charge in [0.2, 0.25) is 11.4 Å². The van der Waals surface area contributed by atoms with E-state index < -0.39 is 11.4 Å². The average Bonchev–Trinajstić information content (AvgIpc) is 3.46. The molecule has 5 rings (SSSR count). The van der Waals surface area contributed by atoms with Crippen LogP contribution in [0, 0.1) is 18.3 Å². The van der Waals surface area contributed by atoms with Crippen molar-refractivity contribution in [2.75, 3.05) is 38.7 Å². The van der Waals surface area contributed by atoms with Crippen molar-refractivity contribution in [3.8, 4) is 5.13 Å². The van der Waals surface area contributed by atoms with Gasteiger partial charge in [0.05, 0.1) is 17.4 Å². The number of pyridine rings is 2. The molecule has 0 aromatic carbocycles. The van der Waals surface area contributed by atoms with E-state index in [-0.39, 0.29) is 40.7 Å². The quantitative estimate of drug-likeness (QED) is 0.224. The fraction of sp³-hybridized carbons (Fsp3) is 0.464. The number of thiazole rings is 1. The highest BCUT2D eigenvalue weighted by atomic mass is 32.1. The topological polar surface area (TPSA) is 206 Å². The molecule has 3 aromatic rings. The summed E-state index contributed by atoms with van der Waals surface area (Å²) < 4.78 is 7.30. The zero-order chi connectivity index (χ0) is 31.3. The van der Waals surface area contributed by atoms with Crippen molar-refractivity contribution in [2.24, 2.45) is 22.4 Å². The van der Waals surface area contributed by atoms with Crippen molar-refractivity contribution in [3.05, 3.63) is 45.2 Å². The lowest BCUT2D eigenvalue weighted by Gasteiger charge is -2.39. The molecule has 0 amide bonds. The second kappa shape index (κ2) is 13.7. The molecule has 0 saturated carbocycles. The summed E-state index contributed by atoms with van der Waals surface area (Å²) in [4.78, 5) is 53.3. The molecule has 0 radical (unpaired) electrons. The molecule has 3 aromatic heterocycles. The summed E-state index contributed by atoms with van der Waals surface area (Å²) in [5.41, 5.74) is 10.3. The molecule has 0 spiro atoms. The smallest absolute Gasteiger partial charge is 0.341 e. The first-order valence-corrected chi connectivity index (χ1v) is 14.8. The predicted octanol–water partition coefficient (Wildman–Crippen LogP) is 1.96. The number of ether oxygens (including phenoxy) is 1. The first kappa shape index (κ1) is 31.6. The van der Waals surface area contributed by atoms with E-state index in [4.69, 9.17) is 26.6 Å². The van der Waals surface area contributed by atoms with Gasteiger partial charge in [0.15, 0.2) is 16.7 Å². The van der Waals surface area contributed by atoms with Crippen LogP contribution in [0.5, 0.6) is 0 Å². The standard InChI is InChI=1S/C24H26N4O5S.C4H11N5/c1-14-10-19(27-11-15(12-27)18(29)6-5-16-4-2-3-8-33-16)26-22-20(14)21(30)17(23(31)32)13-28(22)24-25-7-9-34-24;1-9(2)4(7)8-3(5)6/h7,9-10,13,15-16H,2-6,8,11-12H2,1H3,(H,31,32);1-2H3,(H5,5,6,7,8)/t16-;/m0./s1. The highest BCUT2D eigenvalue weighted by Gasteiger charge is 2.34. The van der Waals surface area contributed by atoms with Crippen LogP contribution in [0.15, 0.2) is 33.6 Å². The second-order valence-corrected chi connectivity index (χ2v) is 11.6. The summed E-state index contributed by atoms with van der Waals surface area (Å²) in [6.07, 6.45) is 7.75. The highest BCUT2D eigenvalue weighted by molar-refractivity contribution is 7.12. The van der Waals surface area contributed by atoms with Gasteiger partial charge in [0.25, 0.3) is 0 Å². The number of nitrogens with two attached hydrogens (primary N) is 2. The molecular formula is C28H37N9O5S. The number of hydrogen-bond donors (Lipinski definition) is 4. The number of rotatable bonds is 7. The summed E-state index contributed by atoms with van der Waals surface area (Å²) in [6, 6.07) is 1.79. The van der Waals surface area contributed by atoms with Gasteiger partial charge in [-0.3, -0.25) is 19.6 Å². The van der Waals surface area contributed by atoms with Crippen molar-refractivity contribution in [1.29, 1.82) is 5.41 Å². The number of carbonyl (C=O) groups excluding carboxylic acids is 1. The van der Waals surface area contributed by atoms with Gasteiger partial charge in [0.1, 0.15) is 17.2 Å². The fourth-order valence-corrected chi connectivity index (χ4v) is 5.53. The minimum absolute atomic E-state index is 0.0306. The van der Waals surface area contributed by atoms with E-state index in [9.17, 15) is 19.5 Å². The largest absolute Gasteiger partial charge is 0.477 e. The number of hydrogen-bond acceptors (Lipinski definition) is 9. The van der Waals surface area contributed by atoms with Crippen LogP contribution in [-0.4, -0.2) is 88.1 Å². The number of nitrogens with zero attached hydrogens (tertiary/aromatic N) is 6. The Hall–Kier alpha value is -4.37. The SMILES string of the molecule is CN(C)C(N)=NC(=N)N.Cc1cc(N2CC(C(=O)CC[C@@H]3CCCCO3)C2)nc2c1c(=O)c(C(=O)O)cn2-c1nccs1. The Kier molecular flexibility index (Phi) is 10.1. The average molecular weight is 612 g/mol. The maximum absolute atomic E-state index is 12.9. The minimum atomic E-state index is -1.29. The van der Waals surface area contributed by atoms with Crippen LogP contribution in [0.4, 0.5) is 5.82 Å². The monoisotopic (exact) mass is 611 g/mol. The number of ketones is 1. The van der Waals surface area contributed by atoms with Crippen LogP contribution >= 0.6 is 11.3 Å². The van der Waals surface area contributed by atoms with Crippen molar-refractivity contribution in [2.45, 2.75) is 45.1 Å². The van der Waals surface area contributed by atoms with Gasteiger partial charge >= 0.3 is 5.97 Å². The van der Waals surface area contributed by atoms with Gasteiger partial charge in [-0.05, 0) is 44.2 Å². The minimum Gasteiger partial charge on any atom is -0.477 e. The van der Waals surface area contributed by atoms with E-state index in [1.54, 1.807) is 48.1 Å². The van der Waals surface area contributed by atoms with Crippen LogP contribution < -0.4 is 21.8 Å². The summed E-state index contributed by atoms with van der Waals surface area (Å²) in [6.45, 7) is 3.73. The zero-order valence-corrected chi connectivity index (χ0v) is 25.3. The highest BCUT2D eigenvalue weighted by Crippen LogP contribution is 2.30. The Morgan fingerprint density at radius 1 is 1.28 bits per heavy atom. The number of carbonyl (C=O) groups is 2. The van der Waals surface area contributed by atoms with Crippen molar-refractivity contribution >= 4 is 51.9 Å². The third-order valence-electron chi connectivity index (χ3n) is 7.34. The summed E-state index contributed by atoms with van der Waals surface area (Å²) in [5.74, 6) is -0.435. The maximum Gasteiger partial charge on any atom is 0.341 e. The Morgan fingerprint density at radius 2 is 2.02 bits per heavy atom. The Labute approximate surface area is 252 Å². The third-order valence-corrected chi connectivity index (χ3v) is 8.11. The maximum atomic E-state index is 12.9. The summed E-state index contributed by atoms with van der Waals surface area (Å²) in [7, 11) is 3.45. The number of aryl methyl sites for hydroxylation is 1. The Balaban J connectivity index is 0.000000410. The number of nitrogens with one attached hydrogen (secondary N) is 1. The van der Waals surface area contributed by atoms with Crippen LogP contribution in [0.3, 0.4) is 0 Å². The fourth-order valence-electron chi connectivity index (χ4n) is 4.91. The molecule has 0 aliphatic carbocycles. The van der Waals surface area contributed by atoms with Gasteiger partial charge < -0.3 is 31.1 Å². The molecule has 2 aliphatic heterocycles. The van der Waals surface area contributed by atoms with Gasteiger partial charge in [-0.25, -0.2) is 14.8 Å². The second-order valence-electron chi connectivity index (χ2n) is 10.7. The van der Waals surface area contributed by atoms with E-state index in [0.717, 1.165) is 25.9 Å². The number of carboxylic acids is 1. The summed E-state index contributed by atoms with van der Waals surface area (Å²) >= 11 is 1.33. The van der Waals surface area contributed by atoms with Gasteiger partial charge in [-0.1, -0.05) is 0 Å². The van der Waals surface area contributed by atoms with Crippen molar-refractivity contribution in [1.82, 2.24) is 19.4 Å². The van der Waals surface area contributed by atoms with E-state index in [1.165, 1.54) is 24.0 Å². The van der Waals surface area contributed by atoms with E-state index >= 15 is 0 Å². The number of anilines is 1. The molecule has 15 heteroatoms. The van der Waals surface area contributed by atoms with Crippen molar-refractivity contribution < 1.29 is 19.4 Å². The third kappa shape index (κ3) is 7.53. The zero-order valence-electron chi connectivity index (χ0n) is 24.4. The number of carboxylic acid groups (broad SMARTS) is 1. The van der Waals surface area contributed by atoms with Crippen LogP contribution in [-0.2, 0) is 9.53 Å². The normalized spacial score (nSPS) is 17.1. The number of aromatic carboxylic acids is 1. The molecule has 2 fully saturated rings. The molecular weight excluding hydrogens is 574 g/mol. The lowest BCUT2D eigenvalue weighted by Crippen LogP contribution is -2.51. The molecule has 0 bridgehead atoms. The number of Topliss-reactive ketones (excluding diaryl/α,β-unsaturated/α-hetero) is 1. The van der Waals surface area contributed by atoms with Crippen LogP contribution in [0.2, 0.25) is 0 Å².